The van der Waals surface area contributed by atoms with Crippen LogP contribution in [0, 0.1) is 11.3 Å². The van der Waals surface area contributed by atoms with Crippen molar-refractivity contribution in [3.05, 3.63) is 61.3 Å². The van der Waals surface area contributed by atoms with Crippen LogP contribution in [-0.2, 0) is 11.3 Å². The second kappa shape index (κ2) is 7.78. The van der Waals surface area contributed by atoms with Gasteiger partial charge in [-0.25, -0.2) is 4.79 Å². The molecule has 0 bridgehead atoms. The van der Waals surface area contributed by atoms with Crippen LogP contribution in [0.1, 0.15) is 11.1 Å². The first kappa shape index (κ1) is 18.3. The third-order valence-electron chi connectivity index (χ3n) is 3.43. The Balaban J connectivity index is 1.72. The van der Waals surface area contributed by atoms with Gasteiger partial charge in [-0.3, -0.25) is 14.6 Å². The highest BCUT2D eigenvalue weighted by Gasteiger charge is 2.17. The predicted octanol–water partition coefficient (Wildman–Crippen LogP) is 2.21. The number of nitrogens with zero attached hydrogens (tertiary/aromatic N) is 1. The number of nitrogens with one attached hydrogen (secondary N) is 3. The molecule has 0 unspecified atom stereocenters. The summed E-state index contributed by atoms with van der Waals surface area (Å²) in [6.07, 6.45) is 0. The van der Waals surface area contributed by atoms with Gasteiger partial charge >= 0.3 is 5.69 Å². The molecular weight excluding hydrogens is 396 g/mol. The molecular formula is C16H11ClN4O3S2. The van der Waals surface area contributed by atoms with E-state index in [1.807, 2.05) is 18.2 Å². The number of carbonyl (C=O) groups excluding carboxylic acids is 1. The molecule has 0 radical (unpaired) electrons. The largest absolute Gasteiger partial charge is 0.351 e. The summed E-state index contributed by atoms with van der Waals surface area (Å²) in [6.45, 7) is 0.295. The van der Waals surface area contributed by atoms with Crippen molar-refractivity contribution in [3.63, 3.8) is 0 Å². The SMILES string of the molecule is N#Cc1c(SCC(=O)NCc2ccccc2Cl)sc2c(=O)[nH]c(=O)[nH]c12. The molecule has 3 N–H and O–H groups in total. The van der Waals surface area contributed by atoms with Gasteiger partial charge in [0, 0.05) is 11.6 Å². The van der Waals surface area contributed by atoms with E-state index in [1.165, 1.54) is 0 Å². The van der Waals surface area contributed by atoms with Gasteiger partial charge in [-0.2, -0.15) is 5.26 Å². The summed E-state index contributed by atoms with van der Waals surface area (Å²) in [5.41, 5.74) is -0.0374. The van der Waals surface area contributed by atoms with Crippen molar-refractivity contribution in [3.8, 4) is 6.07 Å². The number of thiophene rings is 1. The lowest BCUT2D eigenvalue weighted by atomic mass is 10.2. The number of H-pyrrole nitrogens is 2. The average Bonchev–Trinajstić information content (AvgIpc) is 2.97. The normalized spacial score (nSPS) is 10.6. The van der Waals surface area contributed by atoms with Crippen LogP contribution in [0.4, 0.5) is 0 Å². The lowest BCUT2D eigenvalue weighted by molar-refractivity contribution is -0.118. The molecule has 1 amide bonds. The smallest absolute Gasteiger partial charge is 0.326 e. The molecule has 0 saturated heterocycles. The molecule has 0 aliphatic rings. The van der Waals surface area contributed by atoms with Crippen LogP contribution in [-0.4, -0.2) is 21.6 Å². The van der Waals surface area contributed by atoms with Crippen LogP contribution in [0.2, 0.25) is 5.02 Å². The number of nitriles is 1. The minimum Gasteiger partial charge on any atom is -0.351 e. The van der Waals surface area contributed by atoms with Crippen LogP contribution in [0.3, 0.4) is 0 Å². The van der Waals surface area contributed by atoms with E-state index in [0.717, 1.165) is 28.7 Å². The van der Waals surface area contributed by atoms with Gasteiger partial charge in [0.15, 0.2) is 0 Å². The molecule has 132 valence electrons. The fourth-order valence-corrected chi connectivity index (χ4v) is 4.57. The highest BCUT2D eigenvalue weighted by Crippen LogP contribution is 2.34. The number of fused-ring (bicyclic) bond motifs is 1. The van der Waals surface area contributed by atoms with Gasteiger partial charge in [-0.1, -0.05) is 29.8 Å². The number of hydrogen-bond donors (Lipinski definition) is 3. The molecule has 7 nitrogen and oxygen atoms in total. The van der Waals surface area contributed by atoms with Gasteiger partial charge in [0.05, 0.1) is 15.5 Å². The Hall–Kier alpha value is -2.54. The fourth-order valence-electron chi connectivity index (χ4n) is 2.22. The van der Waals surface area contributed by atoms with Crippen LogP contribution in [0.15, 0.2) is 38.1 Å². The first-order valence-corrected chi connectivity index (χ1v) is 9.49. The molecule has 1 aromatic carbocycles. The lowest BCUT2D eigenvalue weighted by Gasteiger charge is -2.06. The third-order valence-corrected chi connectivity index (χ3v) is 6.26. The van der Waals surface area contributed by atoms with Crippen LogP contribution < -0.4 is 16.6 Å². The van der Waals surface area contributed by atoms with Crippen molar-refractivity contribution in [1.82, 2.24) is 15.3 Å². The Kier molecular flexibility index (Phi) is 5.46. The number of amides is 1. The zero-order chi connectivity index (χ0) is 18.7. The standard InChI is InChI=1S/C16H11ClN4O3S2/c17-10-4-2-1-3-8(10)6-19-11(22)7-25-15-9(5-18)12-13(26-15)14(23)21-16(24)20-12/h1-4H,6-7H2,(H,19,22)(H2,20,21,23,24). The fraction of sp³-hybridized carbons (Fsp3) is 0.125. The molecule has 0 spiro atoms. The van der Waals surface area contributed by atoms with E-state index in [-0.39, 0.29) is 27.4 Å². The second-order valence-corrected chi connectivity index (χ2v) is 7.82. The topological polar surface area (TPSA) is 119 Å². The van der Waals surface area contributed by atoms with E-state index in [0.29, 0.717) is 15.8 Å². The van der Waals surface area contributed by atoms with Crippen LogP contribution >= 0.6 is 34.7 Å². The zero-order valence-corrected chi connectivity index (χ0v) is 15.5. The quantitative estimate of drug-likeness (QED) is 0.561. The Morgan fingerprint density at radius 2 is 2.08 bits per heavy atom. The third kappa shape index (κ3) is 3.83. The van der Waals surface area contributed by atoms with E-state index < -0.39 is 11.2 Å². The maximum atomic E-state index is 12.1. The summed E-state index contributed by atoms with van der Waals surface area (Å²) in [7, 11) is 0. The predicted molar refractivity (Wildman–Crippen MR) is 102 cm³/mol. The molecule has 0 aliphatic carbocycles. The van der Waals surface area contributed by atoms with Crippen molar-refractivity contribution in [2.45, 2.75) is 10.8 Å². The first-order valence-electron chi connectivity index (χ1n) is 7.31. The second-order valence-electron chi connectivity index (χ2n) is 5.15. The number of benzene rings is 1. The first-order chi connectivity index (χ1) is 12.5. The number of halogens is 1. The van der Waals surface area contributed by atoms with Crippen molar-refractivity contribution >= 4 is 50.8 Å². The van der Waals surface area contributed by atoms with Crippen molar-refractivity contribution in [2.75, 3.05) is 5.75 Å². The maximum Gasteiger partial charge on any atom is 0.326 e. The highest BCUT2D eigenvalue weighted by atomic mass is 35.5. The van der Waals surface area contributed by atoms with E-state index >= 15 is 0 Å². The van der Waals surface area contributed by atoms with E-state index in [9.17, 15) is 19.6 Å². The summed E-state index contributed by atoms with van der Waals surface area (Å²) in [5, 5.41) is 12.7. The maximum absolute atomic E-state index is 12.1. The summed E-state index contributed by atoms with van der Waals surface area (Å²) >= 11 is 8.24. The van der Waals surface area contributed by atoms with Crippen LogP contribution in [0.25, 0.3) is 10.2 Å². The number of rotatable bonds is 5. The van der Waals surface area contributed by atoms with Gasteiger partial charge in [0.25, 0.3) is 5.56 Å². The Labute approximate surface area is 160 Å². The van der Waals surface area contributed by atoms with Crippen molar-refractivity contribution in [1.29, 1.82) is 5.26 Å². The van der Waals surface area contributed by atoms with E-state index in [2.05, 4.69) is 15.3 Å². The van der Waals surface area contributed by atoms with Gasteiger partial charge < -0.3 is 10.3 Å². The van der Waals surface area contributed by atoms with Gasteiger partial charge in [0.2, 0.25) is 5.91 Å². The molecule has 3 rings (SSSR count). The molecule has 0 fully saturated rings. The average molecular weight is 407 g/mol. The molecule has 0 aliphatic heterocycles. The molecule has 3 aromatic rings. The molecule has 0 saturated carbocycles. The van der Waals surface area contributed by atoms with Crippen molar-refractivity contribution in [2.24, 2.45) is 0 Å². The summed E-state index contributed by atoms with van der Waals surface area (Å²) in [4.78, 5) is 39.9. The lowest BCUT2D eigenvalue weighted by Crippen LogP contribution is -2.24. The number of aromatic amines is 2. The van der Waals surface area contributed by atoms with Crippen LogP contribution in [0.5, 0.6) is 0 Å². The Morgan fingerprint density at radius 1 is 1.31 bits per heavy atom. The summed E-state index contributed by atoms with van der Waals surface area (Å²) < 4.78 is 0.753. The summed E-state index contributed by atoms with van der Waals surface area (Å²) in [5.74, 6) is -0.174. The highest BCUT2D eigenvalue weighted by molar-refractivity contribution is 8.02. The Bertz CT molecular complexity index is 1140. The minimum absolute atomic E-state index is 0.0636. The van der Waals surface area contributed by atoms with Gasteiger partial charge in [-0.15, -0.1) is 23.1 Å². The minimum atomic E-state index is -0.675. The van der Waals surface area contributed by atoms with E-state index in [4.69, 9.17) is 11.6 Å². The molecule has 0 atom stereocenters. The summed E-state index contributed by atoms with van der Waals surface area (Å²) in [6, 6.07) is 9.18. The number of carbonyl (C=O) groups is 1. The number of thioether (sulfide) groups is 1. The van der Waals surface area contributed by atoms with Gasteiger partial charge in [0.1, 0.15) is 16.3 Å². The number of hydrogen-bond acceptors (Lipinski definition) is 6. The monoisotopic (exact) mass is 406 g/mol. The zero-order valence-electron chi connectivity index (χ0n) is 13.1. The molecule has 26 heavy (non-hydrogen) atoms. The molecule has 2 aromatic heterocycles. The number of aromatic nitrogens is 2. The van der Waals surface area contributed by atoms with Gasteiger partial charge in [-0.05, 0) is 11.6 Å². The Morgan fingerprint density at radius 3 is 2.81 bits per heavy atom. The molecule has 10 heteroatoms. The van der Waals surface area contributed by atoms with E-state index in [1.54, 1.807) is 12.1 Å². The van der Waals surface area contributed by atoms with Crippen molar-refractivity contribution < 1.29 is 4.79 Å². The molecule has 2 heterocycles.